The molecule has 0 aliphatic carbocycles. The van der Waals surface area contributed by atoms with Gasteiger partial charge in [-0.1, -0.05) is 0 Å². The summed E-state index contributed by atoms with van der Waals surface area (Å²) in [5, 5.41) is 12.2. The molecule has 0 spiro atoms. The molecule has 1 heterocycles. The van der Waals surface area contributed by atoms with Crippen molar-refractivity contribution in [2.24, 2.45) is 0 Å². The summed E-state index contributed by atoms with van der Waals surface area (Å²) in [5.41, 5.74) is -1.31. The normalized spacial score (nSPS) is 22.2. The molecule has 1 saturated heterocycles. The van der Waals surface area contributed by atoms with Gasteiger partial charge in [-0.25, -0.2) is 13.2 Å². The molecule has 2 N–H and O–H groups in total. The van der Waals surface area contributed by atoms with E-state index in [-0.39, 0.29) is 30.4 Å². The Morgan fingerprint density at radius 3 is 2.45 bits per heavy atom. The zero-order valence-corrected chi connectivity index (χ0v) is 12.9. The lowest BCUT2D eigenvalue weighted by Gasteiger charge is -2.35. The molecule has 1 atom stereocenters. The number of rotatable bonds is 5. The Kier molecular flexibility index (Phi) is 5.15. The molecule has 8 heteroatoms. The maximum absolute atomic E-state index is 12.2. The van der Waals surface area contributed by atoms with Crippen LogP contribution in [0.1, 0.15) is 27.2 Å². The minimum atomic E-state index is -3.11. The summed E-state index contributed by atoms with van der Waals surface area (Å²) in [7, 11) is -3.11. The number of hydrogen-bond donors (Lipinski definition) is 2. The van der Waals surface area contributed by atoms with E-state index in [0.29, 0.717) is 6.54 Å². The van der Waals surface area contributed by atoms with Gasteiger partial charge in [-0.3, -0.25) is 4.79 Å². The number of likely N-dealkylation sites (N-methyl/N-ethyl adjacent to an activating group) is 1. The molecule has 0 aromatic heterocycles. The van der Waals surface area contributed by atoms with Crippen LogP contribution in [-0.4, -0.2) is 66.5 Å². The summed E-state index contributed by atoms with van der Waals surface area (Å²) in [5.74, 6) is -1.44. The van der Waals surface area contributed by atoms with Crippen LogP contribution in [0.3, 0.4) is 0 Å². The molecule has 1 unspecified atom stereocenters. The van der Waals surface area contributed by atoms with E-state index in [2.05, 4.69) is 5.32 Å². The van der Waals surface area contributed by atoms with Crippen LogP contribution >= 0.6 is 0 Å². The first-order chi connectivity index (χ1) is 9.10. The number of aliphatic carboxylic acids is 1. The average Bonchev–Trinajstić information content (AvgIpc) is 2.27. The van der Waals surface area contributed by atoms with Gasteiger partial charge in [0.1, 0.15) is 5.54 Å². The van der Waals surface area contributed by atoms with Gasteiger partial charge in [0.2, 0.25) is 5.91 Å². The third-order valence-corrected chi connectivity index (χ3v) is 5.27. The van der Waals surface area contributed by atoms with Gasteiger partial charge >= 0.3 is 5.97 Å². The van der Waals surface area contributed by atoms with E-state index in [4.69, 9.17) is 0 Å². The van der Waals surface area contributed by atoms with Gasteiger partial charge in [0.25, 0.3) is 0 Å². The fourth-order valence-corrected chi connectivity index (χ4v) is 3.76. The van der Waals surface area contributed by atoms with E-state index in [0.717, 1.165) is 0 Å². The average molecular weight is 306 g/mol. The maximum atomic E-state index is 12.2. The minimum absolute atomic E-state index is 0.0101. The third-order valence-electron chi connectivity index (χ3n) is 3.54. The number of sulfone groups is 1. The van der Waals surface area contributed by atoms with Crippen molar-refractivity contribution in [1.29, 1.82) is 0 Å². The van der Waals surface area contributed by atoms with Crippen LogP contribution in [0.5, 0.6) is 0 Å². The van der Waals surface area contributed by atoms with Gasteiger partial charge in [0, 0.05) is 25.6 Å². The number of carboxylic acids is 1. The smallest absolute Gasteiger partial charge is 0.329 e. The summed E-state index contributed by atoms with van der Waals surface area (Å²) in [4.78, 5) is 24.7. The number of hydrogen-bond acceptors (Lipinski definition) is 5. The molecule has 0 aromatic carbocycles. The van der Waals surface area contributed by atoms with Crippen molar-refractivity contribution < 1.29 is 23.1 Å². The lowest BCUT2D eigenvalue weighted by molar-refractivity contribution is -0.156. The van der Waals surface area contributed by atoms with Crippen molar-refractivity contribution in [1.82, 2.24) is 10.2 Å². The molecule has 0 radical (unpaired) electrons. The highest BCUT2D eigenvalue weighted by Crippen LogP contribution is 2.17. The van der Waals surface area contributed by atoms with Crippen LogP contribution in [-0.2, 0) is 19.4 Å². The number of carbonyl (C=O) groups excluding carboxylic acids is 1. The fraction of sp³-hybridized carbons (Fsp3) is 0.833. The van der Waals surface area contributed by atoms with E-state index in [1.165, 1.54) is 18.7 Å². The Hall–Kier alpha value is -1.15. The molecule has 1 amide bonds. The first kappa shape index (κ1) is 16.9. The van der Waals surface area contributed by atoms with E-state index in [1.807, 2.05) is 0 Å². The molecule has 1 aliphatic rings. The molecule has 116 valence electrons. The summed E-state index contributed by atoms with van der Waals surface area (Å²) in [6, 6.07) is -0.445. The second-order valence-electron chi connectivity index (χ2n) is 5.47. The van der Waals surface area contributed by atoms with Gasteiger partial charge in [-0.05, 0) is 20.8 Å². The lowest BCUT2D eigenvalue weighted by atomic mass is 10.0. The van der Waals surface area contributed by atoms with Crippen LogP contribution < -0.4 is 5.32 Å². The summed E-state index contributed by atoms with van der Waals surface area (Å²) in [6.07, 6.45) is -0.0101. The van der Waals surface area contributed by atoms with Crippen molar-refractivity contribution in [3.63, 3.8) is 0 Å². The van der Waals surface area contributed by atoms with Crippen LogP contribution in [0.25, 0.3) is 0 Å². The summed E-state index contributed by atoms with van der Waals surface area (Å²) >= 11 is 0. The van der Waals surface area contributed by atoms with Crippen LogP contribution in [0.15, 0.2) is 0 Å². The van der Waals surface area contributed by atoms with Gasteiger partial charge in [0.05, 0.1) is 11.5 Å². The number of nitrogens with zero attached hydrogens (tertiary/aromatic N) is 1. The number of nitrogens with one attached hydrogen (secondary N) is 1. The zero-order valence-electron chi connectivity index (χ0n) is 12.0. The predicted octanol–water partition coefficient (Wildman–Crippen LogP) is -0.525. The molecule has 0 saturated carbocycles. The Morgan fingerprint density at radius 1 is 1.40 bits per heavy atom. The topological polar surface area (TPSA) is 104 Å². The summed E-state index contributed by atoms with van der Waals surface area (Å²) < 4.78 is 23.1. The highest BCUT2D eigenvalue weighted by molar-refractivity contribution is 7.91. The molecule has 0 bridgehead atoms. The van der Waals surface area contributed by atoms with Gasteiger partial charge in [-0.2, -0.15) is 0 Å². The monoisotopic (exact) mass is 306 g/mol. The number of carbonyl (C=O) groups is 2. The standard InChI is InChI=1S/C12H22N2O5S/c1-4-14(12(2,3)11(16)17)10(15)7-9-8-20(18,19)6-5-13-9/h9,13H,4-8H2,1-3H3,(H,16,17). The van der Waals surface area contributed by atoms with E-state index >= 15 is 0 Å². The first-order valence-electron chi connectivity index (χ1n) is 6.58. The first-order valence-corrected chi connectivity index (χ1v) is 8.40. The third kappa shape index (κ3) is 3.92. The summed E-state index contributed by atoms with van der Waals surface area (Å²) in [6.45, 7) is 5.21. The number of amides is 1. The Morgan fingerprint density at radius 2 is 2.00 bits per heavy atom. The fourth-order valence-electron chi connectivity index (χ4n) is 2.32. The van der Waals surface area contributed by atoms with Crippen molar-refractivity contribution >= 4 is 21.7 Å². The quantitative estimate of drug-likeness (QED) is 0.708. The molecule has 7 nitrogen and oxygen atoms in total. The molecule has 1 rings (SSSR count). The predicted molar refractivity (Wildman–Crippen MR) is 74.2 cm³/mol. The minimum Gasteiger partial charge on any atom is -0.480 e. The van der Waals surface area contributed by atoms with Crippen LogP contribution in [0.2, 0.25) is 0 Å². The Bertz CT molecular complexity index is 486. The van der Waals surface area contributed by atoms with Crippen molar-refractivity contribution in [2.75, 3.05) is 24.6 Å². The molecule has 1 aliphatic heterocycles. The van der Waals surface area contributed by atoms with E-state index < -0.39 is 27.4 Å². The Labute approximate surface area is 119 Å². The SMILES string of the molecule is CCN(C(=O)CC1CS(=O)(=O)CCN1)C(C)(C)C(=O)O. The highest BCUT2D eigenvalue weighted by atomic mass is 32.2. The number of carboxylic acid groups (broad SMARTS) is 1. The van der Waals surface area contributed by atoms with Gasteiger partial charge in [-0.15, -0.1) is 0 Å². The zero-order chi connectivity index (χ0) is 15.6. The highest BCUT2D eigenvalue weighted by Gasteiger charge is 2.38. The maximum Gasteiger partial charge on any atom is 0.329 e. The van der Waals surface area contributed by atoms with Crippen molar-refractivity contribution in [3.8, 4) is 0 Å². The molecule has 0 aromatic rings. The van der Waals surface area contributed by atoms with Crippen LogP contribution in [0, 0.1) is 0 Å². The van der Waals surface area contributed by atoms with Crippen molar-refractivity contribution in [3.05, 3.63) is 0 Å². The van der Waals surface area contributed by atoms with Gasteiger partial charge < -0.3 is 15.3 Å². The van der Waals surface area contributed by atoms with Crippen molar-refractivity contribution in [2.45, 2.75) is 38.8 Å². The van der Waals surface area contributed by atoms with Gasteiger partial charge in [0.15, 0.2) is 9.84 Å². The molecule has 1 fully saturated rings. The lowest BCUT2D eigenvalue weighted by Crippen LogP contribution is -2.55. The Balaban J connectivity index is 2.76. The van der Waals surface area contributed by atoms with Crippen LogP contribution in [0.4, 0.5) is 0 Å². The molecule has 20 heavy (non-hydrogen) atoms. The molecular weight excluding hydrogens is 284 g/mol. The van der Waals surface area contributed by atoms with E-state index in [9.17, 15) is 23.1 Å². The second kappa shape index (κ2) is 6.09. The molecular formula is C12H22N2O5S. The van der Waals surface area contributed by atoms with E-state index in [1.54, 1.807) is 6.92 Å². The second-order valence-corrected chi connectivity index (χ2v) is 7.70. The largest absolute Gasteiger partial charge is 0.480 e.